The normalized spacial score (nSPS) is 14.9. The average Bonchev–Trinajstić information content (AvgIpc) is 2.91. The van der Waals surface area contributed by atoms with Crippen LogP contribution in [0.1, 0.15) is 66.8 Å². The Morgan fingerprint density at radius 2 is 1.92 bits per heavy atom. The van der Waals surface area contributed by atoms with Gasteiger partial charge in [-0.1, -0.05) is 26.2 Å². The van der Waals surface area contributed by atoms with Crippen LogP contribution >= 0.6 is 11.8 Å². The predicted molar refractivity (Wildman–Crippen MR) is 144 cm³/mol. The Bertz CT molecular complexity index is 1200. The number of aliphatic hydroxyl groups excluding tert-OH is 1. The van der Waals surface area contributed by atoms with E-state index in [9.17, 15) is 23.1 Å². The number of amides is 1. The number of nitrogens with zero attached hydrogens (tertiary/aromatic N) is 2. The number of rotatable bonds is 7. The van der Waals surface area contributed by atoms with Crippen LogP contribution in [0.3, 0.4) is 0 Å². The van der Waals surface area contributed by atoms with Crippen LogP contribution in [0.2, 0.25) is 0 Å². The summed E-state index contributed by atoms with van der Waals surface area (Å²) in [6.45, 7) is 3.72. The smallest absolute Gasteiger partial charge is 0.391 e. The molecule has 1 fully saturated rings. The number of carbonyl (C=O) groups is 1. The van der Waals surface area contributed by atoms with Gasteiger partial charge in [-0.2, -0.15) is 13.2 Å². The molecule has 206 valence electrons. The monoisotopic (exact) mass is 549 g/mol. The van der Waals surface area contributed by atoms with E-state index in [1.165, 1.54) is 0 Å². The second kappa shape index (κ2) is 13.8. The quantitative estimate of drug-likeness (QED) is 0.321. The van der Waals surface area contributed by atoms with E-state index >= 15 is 0 Å². The zero-order chi connectivity index (χ0) is 27.7. The van der Waals surface area contributed by atoms with Crippen molar-refractivity contribution in [3.63, 3.8) is 0 Å². The fourth-order valence-electron chi connectivity index (χ4n) is 4.39. The van der Waals surface area contributed by atoms with Crippen LogP contribution in [0.15, 0.2) is 47.5 Å². The number of carbonyl (C=O) groups excluding carboxylic acids is 1. The van der Waals surface area contributed by atoms with Crippen molar-refractivity contribution in [3.8, 4) is 5.88 Å². The lowest BCUT2D eigenvalue weighted by atomic mass is 9.89. The zero-order valence-electron chi connectivity index (χ0n) is 21.8. The highest BCUT2D eigenvalue weighted by atomic mass is 32.2. The molecular weight excluding hydrogens is 515 g/mol. The molecule has 1 atom stereocenters. The maximum Gasteiger partial charge on any atom is 0.391 e. The molecule has 2 aromatic heterocycles. The number of thioether (sulfide) groups is 1. The van der Waals surface area contributed by atoms with Crippen LogP contribution < -0.4 is 10.1 Å². The minimum atomic E-state index is -3.93. The van der Waals surface area contributed by atoms with Gasteiger partial charge in [0.05, 0.1) is 31.4 Å². The van der Waals surface area contributed by atoms with Gasteiger partial charge in [-0.25, -0.2) is 4.98 Å². The number of benzene rings is 1. The minimum absolute atomic E-state index is 0.233. The Morgan fingerprint density at radius 3 is 2.47 bits per heavy atom. The van der Waals surface area contributed by atoms with E-state index in [0.717, 1.165) is 46.4 Å². The van der Waals surface area contributed by atoms with Crippen LogP contribution in [-0.2, 0) is 0 Å². The van der Waals surface area contributed by atoms with Gasteiger partial charge >= 0.3 is 6.18 Å². The van der Waals surface area contributed by atoms with Crippen molar-refractivity contribution < 1.29 is 27.8 Å². The highest BCUT2D eigenvalue weighted by molar-refractivity contribution is 7.99. The van der Waals surface area contributed by atoms with E-state index in [1.54, 1.807) is 37.2 Å². The van der Waals surface area contributed by atoms with Crippen molar-refractivity contribution in [2.24, 2.45) is 5.92 Å². The molecule has 0 aliphatic heterocycles. The maximum atomic E-state index is 12.7. The first-order chi connectivity index (χ1) is 18.2. The lowest BCUT2D eigenvalue weighted by Crippen LogP contribution is -2.31. The second-order valence-electron chi connectivity index (χ2n) is 9.15. The number of ether oxygens (including phenoxy) is 1. The summed E-state index contributed by atoms with van der Waals surface area (Å²) < 4.78 is 41.1. The third kappa shape index (κ3) is 8.07. The van der Waals surface area contributed by atoms with Gasteiger partial charge in [0.15, 0.2) is 0 Å². The second-order valence-corrected chi connectivity index (χ2v) is 10.5. The molecule has 6 nitrogen and oxygen atoms in total. The van der Waals surface area contributed by atoms with Crippen LogP contribution in [-0.4, -0.2) is 46.6 Å². The molecule has 1 aliphatic carbocycles. The maximum absolute atomic E-state index is 12.7. The molecule has 1 amide bonds. The number of hydrogen-bond acceptors (Lipinski definition) is 6. The SMILES string of the molecule is CCSc1ccc(C(CO)NC(=O)c2ccc3c(OC)nc(C)cc3c2)nc1.FC(F)(F)C1CCCCC1. The number of aromatic nitrogens is 2. The Labute approximate surface area is 225 Å². The number of aryl methyl sites for hydroxylation is 1. The Hall–Kier alpha value is -2.85. The fourth-order valence-corrected chi connectivity index (χ4v) is 5.01. The predicted octanol–water partition coefficient (Wildman–Crippen LogP) is 6.65. The Kier molecular flexibility index (Phi) is 10.8. The van der Waals surface area contributed by atoms with Crippen LogP contribution in [0.5, 0.6) is 5.88 Å². The summed E-state index contributed by atoms with van der Waals surface area (Å²) in [5, 5.41) is 14.3. The van der Waals surface area contributed by atoms with E-state index in [2.05, 4.69) is 22.2 Å². The lowest BCUT2D eigenvalue weighted by molar-refractivity contribution is -0.181. The van der Waals surface area contributed by atoms with Crippen LogP contribution in [0.4, 0.5) is 13.2 Å². The first kappa shape index (κ1) is 29.7. The van der Waals surface area contributed by atoms with E-state index in [-0.39, 0.29) is 12.5 Å². The molecule has 2 N–H and O–H groups in total. The molecule has 0 spiro atoms. The summed E-state index contributed by atoms with van der Waals surface area (Å²) in [6.07, 6.45) is 1.02. The molecule has 1 saturated carbocycles. The minimum Gasteiger partial charge on any atom is -0.481 e. The van der Waals surface area contributed by atoms with Gasteiger partial charge in [0.1, 0.15) is 0 Å². The van der Waals surface area contributed by atoms with E-state index in [4.69, 9.17) is 4.74 Å². The molecule has 0 radical (unpaired) electrons. The van der Waals surface area contributed by atoms with Gasteiger partial charge in [-0.05, 0) is 67.3 Å². The molecule has 1 aliphatic rings. The molecule has 1 unspecified atom stereocenters. The van der Waals surface area contributed by atoms with Gasteiger partial charge in [-0.3, -0.25) is 9.78 Å². The van der Waals surface area contributed by atoms with Crippen molar-refractivity contribution in [1.29, 1.82) is 0 Å². The summed E-state index contributed by atoms with van der Waals surface area (Å²) in [5.41, 5.74) is 1.93. The largest absolute Gasteiger partial charge is 0.481 e. The molecule has 0 bridgehead atoms. The van der Waals surface area contributed by atoms with Gasteiger partial charge in [0, 0.05) is 27.7 Å². The third-order valence-electron chi connectivity index (χ3n) is 6.36. The van der Waals surface area contributed by atoms with Gasteiger partial charge in [-0.15, -0.1) is 11.8 Å². The highest BCUT2D eigenvalue weighted by Crippen LogP contribution is 2.37. The molecule has 10 heteroatoms. The molecule has 0 saturated heterocycles. The lowest BCUT2D eigenvalue weighted by Gasteiger charge is -2.23. The number of aliphatic hydroxyl groups is 1. The first-order valence-corrected chi connectivity index (χ1v) is 13.7. The van der Waals surface area contributed by atoms with Crippen LogP contribution in [0.25, 0.3) is 10.8 Å². The van der Waals surface area contributed by atoms with Gasteiger partial charge in [0.25, 0.3) is 5.91 Å². The number of nitrogens with one attached hydrogen (secondary N) is 1. The number of halogens is 3. The summed E-state index contributed by atoms with van der Waals surface area (Å²) in [7, 11) is 1.57. The van der Waals surface area contributed by atoms with Crippen molar-refractivity contribution in [2.75, 3.05) is 19.5 Å². The topological polar surface area (TPSA) is 84.3 Å². The summed E-state index contributed by atoms with van der Waals surface area (Å²) in [6, 6.07) is 10.5. The Morgan fingerprint density at radius 1 is 1.18 bits per heavy atom. The first-order valence-electron chi connectivity index (χ1n) is 12.7. The average molecular weight is 550 g/mol. The molecule has 1 aromatic carbocycles. The zero-order valence-corrected chi connectivity index (χ0v) is 22.7. The number of hydrogen-bond donors (Lipinski definition) is 2. The highest BCUT2D eigenvalue weighted by Gasteiger charge is 2.39. The van der Waals surface area contributed by atoms with E-state index < -0.39 is 18.1 Å². The van der Waals surface area contributed by atoms with Gasteiger partial charge in [0.2, 0.25) is 5.88 Å². The van der Waals surface area contributed by atoms with Crippen molar-refractivity contribution in [1.82, 2.24) is 15.3 Å². The summed E-state index contributed by atoms with van der Waals surface area (Å²) in [5.74, 6) is 0.219. The summed E-state index contributed by atoms with van der Waals surface area (Å²) in [4.78, 5) is 22.5. The fraction of sp³-hybridized carbons (Fsp3) is 0.464. The third-order valence-corrected chi connectivity index (χ3v) is 7.23. The molecule has 3 aromatic rings. The van der Waals surface area contributed by atoms with Crippen molar-refractivity contribution in [2.45, 2.75) is 63.1 Å². The number of methoxy groups -OCH3 is 1. The molecular formula is C28H34F3N3O3S. The molecule has 2 heterocycles. The van der Waals surface area contributed by atoms with E-state index in [0.29, 0.717) is 30.0 Å². The standard InChI is InChI=1S/C21H23N3O3S.C7H11F3/c1-4-28-16-6-8-18(22-11-16)19(12-25)24-20(26)14-5-7-17-15(10-14)9-13(2)23-21(17)27-3;8-7(9,10)6-4-2-1-3-5-6/h5-11,19,25H,4,12H2,1-3H3,(H,24,26);6H,1-5H2. The number of fused-ring (bicyclic) bond motifs is 1. The van der Waals surface area contributed by atoms with E-state index in [1.807, 2.05) is 31.2 Å². The van der Waals surface area contributed by atoms with Crippen molar-refractivity contribution in [3.05, 3.63) is 59.5 Å². The Balaban J connectivity index is 0.000000336. The molecule has 38 heavy (non-hydrogen) atoms. The number of alkyl halides is 3. The molecule has 4 rings (SSSR count). The van der Waals surface area contributed by atoms with Crippen LogP contribution in [0, 0.1) is 12.8 Å². The van der Waals surface area contributed by atoms with Gasteiger partial charge < -0.3 is 15.2 Å². The number of pyridine rings is 2. The van der Waals surface area contributed by atoms with Crippen molar-refractivity contribution >= 4 is 28.4 Å². The summed E-state index contributed by atoms with van der Waals surface area (Å²) >= 11 is 1.69.